The third kappa shape index (κ3) is 4.12. The van der Waals surface area contributed by atoms with Gasteiger partial charge in [0.25, 0.3) is 0 Å². The van der Waals surface area contributed by atoms with E-state index in [9.17, 15) is 0 Å². The molecule has 0 bridgehead atoms. The molecule has 0 aromatic heterocycles. The Hall–Kier alpha value is -2.38. The number of hydrogen-bond donors (Lipinski definition) is 0. The Morgan fingerprint density at radius 1 is 0.750 bits per heavy atom. The fourth-order valence-electron chi connectivity index (χ4n) is 2.85. The number of hydrogen-bond acceptors (Lipinski definition) is 1. The molecule has 0 aliphatic heterocycles. The molecule has 0 heterocycles. The maximum Gasteiger partial charge on any atom is 0.0826 e. The van der Waals surface area contributed by atoms with Crippen molar-refractivity contribution in [1.82, 2.24) is 0 Å². The maximum absolute atomic E-state index is 6.12. The van der Waals surface area contributed by atoms with Crippen molar-refractivity contribution in [3.63, 3.8) is 0 Å². The molecule has 3 aromatic carbocycles. The van der Waals surface area contributed by atoms with E-state index in [1.807, 2.05) is 6.07 Å². The Balaban J connectivity index is 1.65. The Kier molecular flexibility index (Phi) is 5.45. The zero-order valence-electron chi connectivity index (χ0n) is 14.4. The molecule has 0 N–H and O–H groups in total. The van der Waals surface area contributed by atoms with Crippen molar-refractivity contribution in [2.24, 2.45) is 0 Å². The molecule has 3 rings (SSSR count). The Morgan fingerprint density at radius 2 is 1.33 bits per heavy atom. The van der Waals surface area contributed by atoms with E-state index in [1.54, 1.807) is 0 Å². The summed E-state index contributed by atoms with van der Waals surface area (Å²) in [6.45, 7) is 4.92. The fourth-order valence-corrected chi connectivity index (χ4v) is 2.85. The normalized spacial score (nSPS) is 12.1. The molecule has 122 valence electrons. The topological polar surface area (TPSA) is 9.23 Å². The summed E-state index contributed by atoms with van der Waals surface area (Å²) in [5, 5.41) is 0. The van der Waals surface area contributed by atoms with Crippen molar-refractivity contribution < 1.29 is 4.74 Å². The van der Waals surface area contributed by atoms with Gasteiger partial charge in [0, 0.05) is 0 Å². The van der Waals surface area contributed by atoms with Gasteiger partial charge in [0.05, 0.1) is 12.7 Å². The molecule has 1 heteroatoms. The molecule has 0 saturated carbocycles. The van der Waals surface area contributed by atoms with Crippen molar-refractivity contribution in [1.29, 1.82) is 0 Å². The van der Waals surface area contributed by atoms with Crippen molar-refractivity contribution >= 4 is 0 Å². The first-order valence-corrected chi connectivity index (χ1v) is 8.59. The van der Waals surface area contributed by atoms with Gasteiger partial charge < -0.3 is 4.74 Å². The van der Waals surface area contributed by atoms with Gasteiger partial charge in [-0.05, 0) is 35.6 Å². The number of ether oxygens (including phenoxy) is 1. The minimum Gasteiger partial charge on any atom is -0.369 e. The molecule has 0 aliphatic carbocycles. The number of aryl methyl sites for hydroxylation is 1. The molecule has 1 unspecified atom stereocenters. The average molecular weight is 316 g/mol. The van der Waals surface area contributed by atoms with Crippen molar-refractivity contribution in [2.45, 2.75) is 33.0 Å². The summed E-state index contributed by atoms with van der Waals surface area (Å²) in [6, 6.07) is 27.8. The molecule has 0 aliphatic rings. The van der Waals surface area contributed by atoms with E-state index < -0.39 is 0 Å². The largest absolute Gasteiger partial charge is 0.369 e. The highest BCUT2D eigenvalue weighted by molar-refractivity contribution is 5.63. The van der Waals surface area contributed by atoms with Gasteiger partial charge in [-0.1, -0.05) is 91.3 Å². The quantitative estimate of drug-likeness (QED) is 0.516. The van der Waals surface area contributed by atoms with Crippen LogP contribution in [0.3, 0.4) is 0 Å². The van der Waals surface area contributed by atoms with Crippen LogP contribution in [0.25, 0.3) is 11.1 Å². The third-order valence-electron chi connectivity index (χ3n) is 4.33. The Bertz CT molecular complexity index is 742. The Labute approximate surface area is 144 Å². The van der Waals surface area contributed by atoms with E-state index in [0.717, 1.165) is 6.42 Å². The second-order valence-corrected chi connectivity index (χ2v) is 6.18. The van der Waals surface area contributed by atoms with Crippen LogP contribution in [-0.4, -0.2) is 0 Å². The molecule has 0 amide bonds. The predicted molar refractivity (Wildman–Crippen MR) is 101 cm³/mol. The molecule has 24 heavy (non-hydrogen) atoms. The van der Waals surface area contributed by atoms with Crippen LogP contribution in [-0.2, 0) is 11.3 Å². The minimum absolute atomic E-state index is 0.156. The van der Waals surface area contributed by atoms with Crippen LogP contribution >= 0.6 is 0 Å². The van der Waals surface area contributed by atoms with Crippen LogP contribution < -0.4 is 0 Å². The molecule has 3 aromatic rings. The zero-order chi connectivity index (χ0) is 16.8. The second-order valence-electron chi connectivity index (χ2n) is 6.18. The highest BCUT2D eigenvalue weighted by Gasteiger charge is 2.09. The third-order valence-corrected chi connectivity index (χ3v) is 4.33. The summed E-state index contributed by atoms with van der Waals surface area (Å²) >= 11 is 0. The first-order chi connectivity index (χ1) is 11.8. The molecule has 0 fully saturated rings. The molecule has 1 atom stereocenters. The molecule has 1 nitrogen and oxygen atoms in total. The summed E-state index contributed by atoms with van der Waals surface area (Å²) in [6.07, 6.45) is 1.13. The summed E-state index contributed by atoms with van der Waals surface area (Å²) in [5.74, 6) is 0. The highest BCUT2D eigenvalue weighted by atomic mass is 16.5. The minimum atomic E-state index is 0.156. The van der Waals surface area contributed by atoms with E-state index in [1.165, 1.54) is 27.8 Å². The number of benzene rings is 3. The lowest BCUT2D eigenvalue weighted by molar-refractivity contribution is 0.0372. The van der Waals surface area contributed by atoms with Crippen LogP contribution in [0.5, 0.6) is 0 Å². The van der Waals surface area contributed by atoms with E-state index in [2.05, 4.69) is 86.6 Å². The van der Waals surface area contributed by atoms with Gasteiger partial charge in [-0.25, -0.2) is 0 Å². The van der Waals surface area contributed by atoms with Crippen LogP contribution in [0.1, 0.15) is 36.1 Å². The lowest BCUT2D eigenvalue weighted by Crippen LogP contribution is -2.03. The summed E-state index contributed by atoms with van der Waals surface area (Å²) < 4.78 is 6.12. The van der Waals surface area contributed by atoms with Gasteiger partial charge in [-0.15, -0.1) is 0 Å². The van der Waals surface area contributed by atoms with Crippen LogP contribution in [0.15, 0.2) is 78.9 Å². The molecule has 0 saturated heterocycles. The van der Waals surface area contributed by atoms with E-state index >= 15 is 0 Å². The first-order valence-electron chi connectivity index (χ1n) is 8.59. The SMILES string of the molecule is CCC(OCc1ccc(-c2ccc(C)cc2)cc1)c1ccccc1. The molecular weight excluding hydrogens is 292 g/mol. The van der Waals surface area contributed by atoms with Gasteiger partial charge in [0.15, 0.2) is 0 Å². The highest BCUT2D eigenvalue weighted by Crippen LogP contribution is 2.24. The predicted octanol–water partition coefficient (Wildman–Crippen LogP) is 6.33. The van der Waals surface area contributed by atoms with Crippen molar-refractivity contribution in [3.05, 3.63) is 95.6 Å². The lowest BCUT2D eigenvalue weighted by Gasteiger charge is -2.16. The van der Waals surface area contributed by atoms with E-state index in [-0.39, 0.29) is 6.10 Å². The van der Waals surface area contributed by atoms with Crippen LogP contribution in [0, 0.1) is 6.92 Å². The first kappa shape index (κ1) is 16.5. The van der Waals surface area contributed by atoms with Gasteiger partial charge in [-0.2, -0.15) is 0 Å². The zero-order valence-corrected chi connectivity index (χ0v) is 14.4. The van der Waals surface area contributed by atoms with Gasteiger partial charge >= 0.3 is 0 Å². The number of rotatable bonds is 6. The van der Waals surface area contributed by atoms with Crippen molar-refractivity contribution in [2.75, 3.05) is 0 Å². The average Bonchev–Trinajstić information content (AvgIpc) is 2.64. The fraction of sp³-hybridized carbons (Fsp3) is 0.217. The maximum atomic E-state index is 6.12. The Morgan fingerprint density at radius 3 is 1.92 bits per heavy atom. The standard InChI is InChI=1S/C23H24O/c1-3-23(22-7-5-4-6-8-22)24-17-19-11-15-21(16-12-19)20-13-9-18(2)10-14-20/h4-16,23H,3,17H2,1-2H3. The second kappa shape index (κ2) is 7.94. The van der Waals surface area contributed by atoms with E-state index in [4.69, 9.17) is 4.74 Å². The van der Waals surface area contributed by atoms with Gasteiger partial charge in [0.2, 0.25) is 0 Å². The van der Waals surface area contributed by atoms with Gasteiger partial charge in [0.1, 0.15) is 0 Å². The van der Waals surface area contributed by atoms with Crippen molar-refractivity contribution in [3.8, 4) is 11.1 Å². The van der Waals surface area contributed by atoms with Crippen LogP contribution in [0.4, 0.5) is 0 Å². The summed E-state index contributed by atoms with van der Waals surface area (Å²) in [5.41, 5.74) is 6.24. The summed E-state index contributed by atoms with van der Waals surface area (Å²) in [7, 11) is 0. The molecule has 0 radical (unpaired) electrons. The molecule has 0 spiro atoms. The van der Waals surface area contributed by atoms with Gasteiger partial charge in [-0.3, -0.25) is 0 Å². The smallest absolute Gasteiger partial charge is 0.0826 e. The monoisotopic (exact) mass is 316 g/mol. The summed E-state index contributed by atoms with van der Waals surface area (Å²) in [4.78, 5) is 0. The van der Waals surface area contributed by atoms with Crippen LogP contribution in [0.2, 0.25) is 0 Å². The lowest BCUT2D eigenvalue weighted by atomic mass is 10.0. The molecular formula is C23H24O. The van der Waals surface area contributed by atoms with E-state index in [0.29, 0.717) is 6.61 Å².